The largest absolute Gasteiger partial charge is 0.465 e. The van der Waals surface area contributed by atoms with Gasteiger partial charge in [-0.1, -0.05) is 20.8 Å². The van der Waals surface area contributed by atoms with Gasteiger partial charge in [-0.2, -0.15) is 0 Å². The molecular formula is C14H24O5. The monoisotopic (exact) mass is 272 g/mol. The Balaban J connectivity index is 3.04. The molecule has 1 aliphatic carbocycles. The van der Waals surface area contributed by atoms with E-state index >= 15 is 0 Å². The third kappa shape index (κ3) is 2.67. The lowest BCUT2D eigenvalue weighted by molar-refractivity contribution is -0.290. The highest BCUT2D eigenvalue weighted by atomic mass is 16.7. The second-order valence-corrected chi connectivity index (χ2v) is 6.05. The van der Waals surface area contributed by atoms with E-state index in [1.54, 1.807) is 27.7 Å². The lowest BCUT2D eigenvalue weighted by Crippen LogP contribution is -2.63. The van der Waals surface area contributed by atoms with Crippen molar-refractivity contribution in [3.8, 4) is 0 Å². The minimum Gasteiger partial charge on any atom is -0.465 e. The predicted octanol–water partition coefficient (Wildman–Crippen LogP) is 1.93. The van der Waals surface area contributed by atoms with Gasteiger partial charge < -0.3 is 14.2 Å². The van der Waals surface area contributed by atoms with Crippen molar-refractivity contribution in [2.24, 2.45) is 10.8 Å². The van der Waals surface area contributed by atoms with Crippen LogP contribution in [0.15, 0.2) is 0 Å². The number of hydrogen-bond donors (Lipinski definition) is 0. The number of carbonyl (C=O) groups excluding carboxylic acids is 2. The Morgan fingerprint density at radius 3 is 1.89 bits per heavy atom. The van der Waals surface area contributed by atoms with E-state index in [1.165, 1.54) is 14.2 Å². The maximum atomic E-state index is 12.6. The summed E-state index contributed by atoms with van der Waals surface area (Å²) >= 11 is 0. The van der Waals surface area contributed by atoms with Crippen LogP contribution in [0.3, 0.4) is 0 Å². The molecule has 1 fully saturated rings. The van der Waals surface area contributed by atoms with Crippen molar-refractivity contribution >= 4 is 11.8 Å². The molecule has 0 aromatic heterocycles. The summed E-state index contributed by atoms with van der Waals surface area (Å²) in [5.74, 6) is -1.45. The first-order chi connectivity index (χ1) is 8.67. The van der Waals surface area contributed by atoms with Gasteiger partial charge in [-0.25, -0.2) is 0 Å². The molecule has 0 aromatic carbocycles. The van der Waals surface area contributed by atoms with E-state index in [0.29, 0.717) is 0 Å². The zero-order valence-electron chi connectivity index (χ0n) is 12.7. The SMILES string of the molecule is CCOC(=O)C1(C(=O)C(C)(C)C)CC(OC)(OC)C1. The molecule has 1 rings (SSSR count). The van der Waals surface area contributed by atoms with E-state index in [1.807, 2.05) is 0 Å². The van der Waals surface area contributed by atoms with Crippen LogP contribution >= 0.6 is 0 Å². The number of rotatable bonds is 5. The summed E-state index contributed by atoms with van der Waals surface area (Å²) in [6, 6.07) is 0. The second kappa shape index (κ2) is 5.21. The maximum absolute atomic E-state index is 12.6. The van der Waals surface area contributed by atoms with E-state index < -0.39 is 22.6 Å². The first-order valence-corrected chi connectivity index (χ1v) is 6.50. The molecule has 0 amide bonds. The molecule has 0 aliphatic heterocycles. The molecule has 0 aromatic rings. The molecule has 0 saturated heterocycles. The lowest BCUT2D eigenvalue weighted by Gasteiger charge is -2.52. The highest BCUT2D eigenvalue weighted by Gasteiger charge is 2.66. The summed E-state index contributed by atoms with van der Waals surface area (Å²) in [5, 5.41) is 0. The van der Waals surface area contributed by atoms with E-state index in [0.717, 1.165) is 0 Å². The fourth-order valence-corrected chi connectivity index (χ4v) is 2.62. The Kier molecular flexibility index (Phi) is 4.42. The summed E-state index contributed by atoms with van der Waals surface area (Å²) in [6.45, 7) is 7.39. The average molecular weight is 272 g/mol. The first kappa shape index (κ1) is 16.1. The number of ether oxygens (including phenoxy) is 3. The van der Waals surface area contributed by atoms with Gasteiger partial charge in [-0.15, -0.1) is 0 Å². The van der Waals surface area contributed by atoms with Crippen molar-refractivity contribution in [1.82, 2.24) is 0 Å². The Hall–Kier alpha value is -0.940. The van der Waals surface area contributed by atoms with Gasteiger partial charge in [-0.05, 0) is 6.92 Å². The van der Waals surface area contributed by atoms with Crippen LogP contribution < -0.4 is 0 Å². The van der Waals surface area contributed by atoms with E-state index in [4.69, 9.17) is 14.2 Å². The summed E-state index contributed by atoms with van der Waals surface area (Å²) in [6.07, 6.45) is 0.421. The number of hydrogen-bond acceptors (Lipinski definition) is 5. The molecular weight excluding hydrogens is 248 g/mol. The van der Waals surface area contributed by atoms with Gasteiger partial charge in [0.25, 0.3) is 0 Å². The lowest BCUT2D eigenvalue weighted by atomic mass is 9.57. The van der Waals surface area contributed by atoms with Crippen LogP contribution in [0.5, 0.6) is 0 Å². The van der Waals surface area contributed by atoms with E-state index in [2.05, 4.69) is 0 Å². The van der Waals surface area contributed by atoms with Crippen LogP contribution in [0.2, 0.25) is 0 Å². The Morgan fingerprint density at radius 2 is 1.58 bits per heavy atom. The van der Waals surface area contributed by atoms with Crippen molar-refractivity contribution < 1.29 is 23.8 Å². The Labute approximate surface area is 114 Å². The Morgan fingerprint density at radius 1 is 1.11 bits per heavy atom. The number of esters is 1. The standard InChI is InChI=1S/C14H24O5/c1-7-19-11(16)13(10(15)12(2,3)4)8-14(9-13,17-5)18-6/h7-9H2,1-6H3. The normalized spacial score (nSPS) is 20.5. The van der Waals surface area contributed by atoms with Crippen LogP contribution in [-0.2, 0) is 23.8 Å². The minimum absolute atomic E-state index is 0.122. The predicted molar refractivity (Wildman–Crippen MR) is 69.5 cm³/mol. The molecule has 5 nitrogen and oxygen atoms in total. The van der Waals surface area contributed by atoms with Crippen molar-refractivity contribution in [2.45, 2.75) is 46.3 Å². The van der Waals surface area contributed by atoms with Crippen molar-refractivity contribution in [3.05, 3.63) is 0 Å². The topological polar surface area (TPSA) is 61.8 Å². The summed E-state index contributed by atoms with van der Waals surface area (Å²) < 4.78 is 15.7. The minimum atomic E-state index is -1.14. The van der Waals surface area contributed by atoms with Gasteiger partial charge in [0.15, 0.2) is 11.6 Å². The van der Waals surface area contributed by atoms with E-state index in [-0.39, 0.29) is 25.2 Å². The molecule has 0 spiro atoms. The van der Waals surface area contributed by atoms with Crippen LogP contribution in [-0.4, -0.2) is 38.4 Å². The molecule has 0 N–H and O–H groups in total. The molecule has 5 heteroatoms. The number of methoxy groups -OCH3 is 2. The zero-order valence-corrected chi connectivity index (χ0v) is 12.7. The van der Waals surface area contributed by atoms with Crippen LogP contribution in [0.1, 0.15) is 40.5 Å². The number of ketones is 1. The molecule has 1 aliphatic rings. The molecule has 0 unspecified atom stereocenters. The van der Waals surface area contributed by atoms with E-state index in [9.17, 15) is 9.59 Å². The van der Waals surface area contributed by atoms with Crippen LogP contribution in [0.25, 0.3) is 0 Å². The molecule has 0 heterocycles. The molecule has 0 bridgehead atoms. The highest BCUT2D eigenvalue weighted by Crippen LogP contribution is 2.54. The summed E-state index contributed by atoms with van der Waals surface area (Å²) in [5.41, 5.74) is -1.75. The van der Waals surface area contributed by atoms with Gasteiger partial charge in [-0.3, -0.25) is 9.59 Å². The van der Waals surface area contributed by atoms with Crippen molar-refractivity contribution in [2.75, 3.05) is 20.8 Å². The number of carbonyl (C=O) groups is 2. The molecule has 1 saturated carbocycles. The third-order valence-corrected chi connectivity index (χ3v) is 3.67. The maximum Gasteiger partial charge on any atom is 0.320 e. The summed E-state index contributed by atoms with van der Waals surface area (Å²) in [4.78, 5) is 24.8. The molecule has 19 heavy (non-hydrogen) atoms. The zero-order chi connectivity index (χ0) is 14.9. The van der Waals surface area contributed by atoms with Crippen LogP contribution in [0.4, 0.5) is 0 Å². The van der Waals surface area contributed by atoms with Gasteiger partial charge in [0.05, 0.1) is 6.61 Å². The third-order valence-electron chi connectivity index (χ3n) is 3.67. The average Bonchev–Trinajstić information content (AvgIpc) is 2.28. The summed E-state index contributed by atoms with van der Waals surface area (Å²) in [7, 11) is 3.03. The molecule has 0 atom stereocenters. The van der Waals surface area contributed by atoms with Gasteiger partial charge in [0.2, 0.25) is 0 Å². The quantitative estimate of drug-likeness (QED) is 0.435. The Bertz CT molecular complexity index is 355. The molecule has 110 valence electrons. The smallest absolute Gasteiger partial charge is 0.320 e. The van der Waals surface area contributed by atoms with Gasteiger partial charge >= 0.3 is 5.97 Å². The van der Waals surface area contributed by atoms with Gasteiger partial charge in [0.1, 0.15) is 5.41 Å². The molecule has 0 radical (unpaired) electrons. The van der Waals surface area contributed by atoms with Crippen molar-refractivity contribution in [1.29, 1.82) is 0 Å². The fourth-order valence-electron chi connectivity index (χ4n) is 2.62. The van der Waals surface area contributed by atoms with Gasteiger partial charge in [0, 0.05) is 32.5 Å². The van der Waals surface area contributed by atoms with Crippen LogP contribution in [0, 0.1) is 10.8 Å². The number of Topliss-reactive ketones (excluding diaryl/α,β-unsaturated/α-hetero) is 1. The first-order valence-electron chi connectivity index (χ1n) is 6.50. The highest BCUT2D eigenvalue weighted by molar-refractivity contribution is 6.07. The van der Waals surface area contributed by atoms with Crippen molar-refractivity contribution in [3.63, 3.8) is 0 Å². The second-order valence-electron chi connectivity index (χ2n) is 6.05. The fraction of sp³-hybridized carbons (Fsp3) is 0.857.